The maximum Gasteiger partial charge on any atom is 0.337 e. The molecule has 0 atom stereocenters. The van der Waals surface area contributed by atoms with Crippen molar-refractivity contribution < 1.29 is 14.6 Å². The summed E-state index contributed by atoms with van der Waals surface area (Å²) in [5.74, 6) is -0.465. The first kappa shape index (κ1) is 17.0. The normalized spacial score (nSPS) is 11.0. The van der Waals surface area contributed by atoms with Crippen LogP contribution in [0, 0.1) is 0 Å². The maximum absolute atomic E-state index is 11.8. The molecule has 0 aliphatic heterocycles. The minimum Gasteiger partial charge on any atom is -0.493 e. The second-order valence-corrected chi connectivity index (χ2v) is 5.85. The molecular weight excluding hydrogens is 316 g/mol. The lowest BCUT2D eigenvalue weighted by Gasteiger charge is -2.01. The molecule has 23 heavy (non-hydrogen) atoms. The van der Waals surface area contributed by atoms with E-state index >= 15 is 0 Å². The van der Waals surface area contributed by atoms with Crippen LogP contribution < -0.4 is 4.87 Å². The molecule has 0 fully saturated rings. The Labute approximate surface area is 137 Å². The van der Waals surface area contributed by atoms with Crippen LogP contribution in [0.4, 0.5) is 5.69 Å². The lowest BCUT2D eigenvalue weighted by molar-refractivity contribution is 0.0601. The molecule has 0 saturated carbocycles. The average molecular weight is 334 g/mol. The van der Waals surface area contributed by atoms with Crippen LogP contribution in [0.15, 0.2) is 34.1 Å². The number of hydrogen-bond acceptors (Lipinski definition) is 6. The SMILES string of the molecule is CCCCn1c(O)c(C=Nc2ccc(C(=O)OC)cc2)sc1=O. The monoisotopic (exact) mass is 334 g/mol. The first-order chi connectivity index (χ1) is 11.1. The summed E-state index contributed by atoms with van der Waals surface area (Å²) in [4.78, 5) is 27.6. The van der Waals surface area contributed by atoms with Crippen molar-refractivity contribution in [2.45, 2.75) is 26.3 Å². The second-order valence-electron chi connectivity index (χ2n) is 4.86. The number of nitrogens with zero attached hydrogens (tertiary/aromatic N) is 2. The number of carbonyl (C=O) groups excluding carboxylic acids is 1. The van der Waals surface area contributed by atoms with Gasteiger partial charge in [-0.3, -0.25) is 14.4 Å². The molecule has 1 heterocycles. The summed E-state index contributed by atoms with van der Waals surface area (Å²) < 4.78 is 5.98. The van der Waals surface area contributed by atoms with E-state index in [-0.39, 0.29) is 10.8 Å². The summed E-state index contributed by atoms with van der Waals surface area (Å²) in [6.07, 6.45) is 3.23. The topological polar surface area (TPSA) is 80.9 Å². The Hall–Kier alpha value is -2.41. The standard InChI is InChI=1S/C16H18N2O4S/c1-3-4-9-18-14(19)13(23-16(18)21)10-17-12-7-5-11(6-8-12)15(20)22-2/h5-8,10,19H,3-4,9H2,1-2H3. The third kappa shape index (κ3) is 4.07. The molecule has 0 radical (unpaired) electrons. The fourth-order valence-corrected chi connectivity index (χ4v) is 2.73. The number of rotatable bonds is 6. The summed E-state index contributed by atoms with van der Waals surface area (Å²) in [6.45, 7) is 2.52. The number of unbranched alkanes of at least 4 members (excludes halogenated alkanes) is 1. The van der Waals surface area contributed by atoms with E-state index in [1.807, 2.05) is 6.92 Å². The molecule has 0 bridgehead atoms. The van der Waals surface area contributed by atoms with Gasteiger partial charge in [-0.2, -0.15) is 0 Å². The van der Waals surface area contributed by atoms with Gasteiger partial charge in [0.25, 0.3) is 0 Å². The van der Waals surface area contributed by atoms with Crippen molar-refractivity contribution >= 4 is 29.2 Å². The van der Waals surface area contributed by atoms with Crippen LogP contribution in [0.25, 0.3) is 0 Å². The molecule has 0 saturated heterocycles. The molecule has 0 aliphatic carbocycles. The van der Waals surface area contributed by atoms with Crippen LogP contribution in [0.1, 0.15) is 35.0 Å². The predicted molar refractivity (Wildman–Crippen MR) is 90.2 cm³/mol. The van der Waals surface area contributed by atoms with Gasteiger partial charge in [-0.15, -0.1) is 0 Å². The zero-order chi connectivity index (χ0) is 16.8. The number of aromatic hydroxyl groups is 1. The minimum absolute atomic E-state index is 0.0524. The Morgan fingerprint density at radius 2 is 2.09 bits per heavy atom. The van der Waals surface area contributed by atoms with Gasteiger partial charge in [0.2, 0.25) is 5.88 Å². The lowest BCUT2D eigenvalue weighted by atomic mass is 10.2. The summed E-state index contributed by atoms with van der Waals surface area (Å²) in [5, 5.41) is 10.1. The second kappa shape index (κ2) is 7.73. The number of aliphatic imine (C=N–C) groups is 1. The molecule has 122 valence electrons. The zero-order valence-corrected chi connectivity index (χ0v) is 13.8. The summed E-state index contributed by atoms with van der Waals surface area (Å²) in [5.41, 5.74) is 1.04. The molecule has 6 nitrogen and oxygen atoms in total. The zero-order valence-electron chi connectivity index (χ0n) is 13.0. The molecule has 0 amide bonds. The van der Waals surface area contributed by atoms with Crippen molar-refractivity contribution in [1.82, 2.24) is 4.57 Å². The van der Waals surface area contributed by atoms with Crippen LogP contribution in [0.2, 0.25) is 0 Å². The van der Waals surface area contributed by atoms with Crippen LogP contribution in [-0.2, 0) is 11.3 Å². The lowest BCUT2D eigenvalue weighted by Crippen LogP contribution is -2.12. The number of ether oxygens (including phenoxy) is 1. The maximum atomic E-state index is 11.8. The van der Waals surface area contributed by atoms with Gasteiger partial charge in [0.05, 0.1) is 24.6 Å². The van der Waals surface area contributed by atoms with Gasteiger partial charge in [0, 0.05) is 6.54 Å². The van der Waals surface area contributed by atoms with Gasteiger partial charge in [0.15, 0.2) is 0 Å². The summed E-state index contributed by atoms with van der Waals surface area (Å²) >= 11 is 0.956. The van der Waals surface area contributed by atoms with E-state index in [9.17, 15) is 14.7 Å². The highest BCUT2D eigenvalue weighted by atomic mass is 32.1. The highest BCUT2D eigenvalue weighted by molar-refractivity contribution is 7.11. The van der Waals surface area contributed by atoms with E-state index in [1.54, 1.807) is 24.3 Å². The van der Waals surface area contributed by atoms with Crippen LogP contribution in [0.5, 0.6) is 5.88 Å². The van der Waals surface area contributed by atoms with Gasteiger partial charge in [-0.25, -0.2) is 4.79 Å². The van der Waals surface area contributed by atoms with Crippen molar-refractivity contribution in [2.75, 3.05) is 7.11 Å². The first-order valence-corrected chi connectivity index (χ1v) is 8.03. The van der Waals surface area contributed by atoms with E-state index in [0.29, 0.717) is 22.7 Å². The van der Waals surface area contributed by atoms with Gasteiger partial charge in [-0.1, -0.05) is 24.7 Å². The van der Waals surface area contributed by atoms with Gasteiger partial charge in [-0.05, 0) is 30.7 Å². The number of esters is 1. The smallest absolute Gasteiger partial charge is 0.337 e. The van der Waals surface area contributed by atoms with E-state index < -0.39 is 5.97 Å². The molecule has 2 rings (SSSR count). The summed E-state index contributed by atoms with van der Waals surface area (Å²) in [6, 6.07) is 6.54. The number of aromatic nitrogens is 1. The Bertz CT molecular complexity index is 759. The van der Waals surface area contributed by atoms with Gasteiger partial charge >= 0.3 is 10.8 Å². The molecule has 2 aromatic rings. The van der Waals surface area contributed by atoms with E-state index in [4.69, 9.17) is 0 Å². The Morgan fingerprint density at radius 3 is 2.70 bits per heavy atom. The highest BCUT2D eigenvalue weighted by Gasteiger charge is 2.11. The fourth-order valence-electron chi connectivity index (χ4n) is 1.95. The molecule has 0 unspecified atom stereocenters. The molecule has 0 spiro atoms. The Balaban J connectivity index is 2.17. The number of thiazole rings is 1. The highest BCUT2D eigenvalue weighted by Crippen LogP contribution is 2.20. The number of carbonyl (C=O) groups is 1. The summed E-state index contributed by atoms with van der Waals surface area (Å²) in [7, 11) is 1.32. The van der Waals surface area contributed by atoms with Crippen LogP contribution in [0.3, 0.4) is 0 Å². The molecule has 7 heteroatoms. The molecule has 0 aliphatic rings. The largest absolute Gasteiger partial charge is 0.493 e. The van der Waals surface area contributed by atoms with Crippen molar-refractivity contribution in [3.05, 3.63) is 44.4 Å². The van der Waals surface area contributed by atoms with Crippen molar-refractivity contribution in [3.63, 3.8) is 0 Å². The van der Waals surface area contributed by atoms with Crippen molar-refractivity contribution in [3.8, 4) is 5.88 Å². The van der Waals surface area contributed by atoms with Gasteiger partial charge < -0.3 is 9.84 Å². The van der Waals surface area contributed by atoms with Gasteiger partial charge in [0.1, 0.15) is 4.88 Å². The third-order valence-electron chi connectivity index (χ3n) is 3.25. The first-order valence-electron chi connectivity index (χ1n) is 7.21. The number of hydrogen-bond donors (Lipinski definition) is 1. The number of benzene rings is 1. The van der Waals surface area contributed by atoms with E-state index in [0.717, 1.165) is 24.2 Å². The quantitative estimate of drug-likeness (QED) is 0.650. The molecule has 1 aromatic carbocycles. The van der Waals surface area contributed by atoms with Crippen LogP contribution in [-0.4, -0.2) is 29.0 Å². The number of methoxy groups -OCH3 is 1. The van der Waals surface area contributed by atoms with Crippen molar-refractivity contribution in [2.24, 2.45) is 4.99 Å². The van der Waals surface area contributed by atoms with Crippen LogP contribution >= 0.6 is 11.3 Å². The minimum atomic E-state index is -0.413. The Kier molecular flexibility index (Phi) is 5.70. The molecule has 1 aromatic heterocycles. The third-order valence-corrected chi connectivity index (χ3v) is 4.15. The predicted octanol–water partition coefficient (Wildman–Crippen LogP) is 2.95. The van der Waals surface area contributed by atoms with E-state index in [1.165, 1.54) is 17.9 Å². The van der Waals surface area contributed by atoms with Crippen molar-refractivity contribution in [1.29, 1.82) is 0 Å². The molecule has 1 N–H and O–H groups in total. The van der Waals surface area contributed by atoms with E-state index in [2.05, 4.69) is 9.73 Å². The molecular formula is C16H18N2O4S. The Morgan fingerprint density at radius 1 is 1.39 bits per heavy atom. The fraction of sp³-hybridized carbons (Fsp3) is 0.312. The average Bonchev–Trinajstić information content (AvgIpc) is 2.84.